The van der Waals surface area contributed by atoms with Gasteiger partial charge in [-0.15, -0.1) is 0 Å². The highest BCUT2D eigenvalue weighted by Crippen LogP contribution is 2.18. The van der Waals surface area contributed by atoms with Crippen molar-refractivity contribution in [2.45, 2.75) is 361 Å². The molecule has 0 rings (SSSR count). The fourth-order valence-electron chi connectivity index (χ4n) is 9.90. The molecule has 0 bridgehead atoms. The Morgan fingerprint density at radius 1 is 0.260 bits per heavy atom. The van der Waals surface area contributed by atoms with Gasteiger partial charge in [-0.25, -0.2) is 0 Å². The number of esters is 3. The maximum atomic E-state index is 12.9. The first-order valence-electron chi connectivity index (χ1n) is 33.8. The molecule has 0 aliphatic rings. The Hall–Kier alpha value is -2.89. The Kier molecular flexibility index (Phi) is 63.2. The Labute approximate surface area is 479 Å². The third-order valence-electron chi connectivity index (χ3n) is 15.0. The van der Waals surface area contributed by atoms with Gasteiger partial charge in [0.1, 0.15) is 13.2 Å². The van der Waals surface area contributed by atoms with Crippen LogP contribution in [0.25, 0.3) is 0 Å². The summed E-state index contributed by atoms with van der Waals surface area (Å²) in [7, 11) is 0. The normalized spacial score (nSPS) is 12.4. The fourth-order valence-corrected chi connectivity index (χ4v) is 9.90. The largest absolute Gasteiger partial charge is 0.462 e. The van der Waals surface area contributed by atoms with Crippen LogP contribution in [0, 0.1) is 0 Å². The summed E-state index contributed by atoms with van der Waals surface area (Å²) >= 11 is 0. The molecular weight excluding hydrogens is 949 g/mol. The maximum absolute atomic E-state index is 12.9. The minimum Gasteiger partial charge on any atom is -0.462 e. The molecule has 0 aromatic rings. The molecule has 0 spiro atoms. The van der Waals surface area contributed by atoms with Gasteiger partial charge in [-0.3, -0.25) is 14.4 Å². The molecule has 0 amide bonds. The molecule has 0 fully saturated rings. The van der Waals surface area contributed by atoms with E-state index in [1.807, 2.05) is 0 Å². The van der Waals surface area contributed by atoms with Crippen molar-refractivity contribution in [3.05, 3.63) is 60.8 Å². The number of ether oxygens (including phenoxy) is 3. The van der Waals surface area contributed by atoms with Crippen molar-refractivity contribution in [3.8, 4) is 0 Å². The van der Waals surface area contributed by atoms with Crippen LogP contribution in [-0.4, -0.2) is 37.2 Å². The van der Waals surface area contributed by atoms with Crippen molar-refractivity contribution in [2.24, 2.45) is 0 Å². The van der Waals surface area contributed by atoms with Crippen molar-refractivity contribution >= 4 is 17.9 Å². The molecule has 1 unspecified atom stereocenters. The van der Waals surface area contributed by atoms with E-state index in [9.17, 15) is 14.4 Å². The molecule has 6 nitrogen and oxygen atoms in total. The third kappa shape index (κ3) is 63.8. The molecule has 6 heteroatoms. The quantitative estimate of drug-likeness (QED) is 0.0261. The number of hydrogen-bond acceptors (Lipinski definition) is 6. The number of carbonyl (C=O) groups is 3. The van der Waals surface area contributed by atoms with Gasteiger partial charge in [0, 0.05) is 19.3 Å². The topological polar surface area (TPSA) is 78.9 Å². The van der Waals surface area contributed by atoms with E-state index >= 15 is 0 Å². The summed E-state index contributed by atoms with van der Waals surface area (Å²) in [6, 6.07) is 0. The molecule has 0 aliphatic carbocycles. The summed E-state index contributed by atoms with van der Waals surface area (Å²) in [6.07, 6.45) is 83.9. The lowest BCUT2D eigenvalue weighted by Crippen LogP contribution is -2.30. The smallest absolute Gasteiger partial charge is 0.306 e. The van der Waals surface area contributed by atoms with Gasteiger partial charge in [0.2, 0.25) is 0 Å². The number of unbranched alkanes of at least 4 members (excludes halogenated alkanes) is 41. The van der Waals surface area contributed by atoms with Crippen molar-refractivity contribution in [2.75, 3.05) is 13.2 Å². The van der Waals surface area contributed by atoms with Crippen LogP contribution in [0.3, 0.4) is 0 Å². The zero-order valence-electron chi connectivity index (χ0n) is 51.5. The van der Waals surface area contributed by atoms with Gasteiger partial charge in [-0.05, 0) is 83.5 Å². The summed E-state index contributed by atoms with van der Waals surface area (Å²) < 4.78 is 16.9. The van der Waals surface area contributed by atoms with Crippen LogP contribution in [0.5, 0.6) is 0 Å². The van der Waals surface area contributed by atoms with Gasteiger partial charge in [-0.2, -0.15) is 0 Å². The van der Waals surface area contributed by atoms with Crippen molar-refractivity contribution in [1.82, 2.24) is 0 Å². The minimum absolute atomic E-state index is 0.0812. The van der Waals surface area contributed by atoms with Crippen LogP contribution in [0.2, 0.25) is 0 Å². The average Bonchev–Trinajstić information content (AvgIpc) is 3.43. The van der Waals surface area contributed by atoms with E-state index in [2.05, 4.69) is 81.5 Å². The molecule has 77 heavy (non-hydrogen) atoms. The summed E-state index contributed by atoms with van der Waals surface area (Å²) in [6.45, 7) is 6.58. The van der Waals surface area contributed by atoms with Crippen molar-refractivity contribution < 1.29 is 28.6 Å². The second kappa shape index (κ2) is 65.6. The van der Waals surface area contributed by atoms with Crippen LogP contribution in [0.15, 0.2) is 60.8 Å². The first-order chi connectivity index (χ1) is 38.0. The SMILES string of the molecule is CCC/C=C\C/C=C\CCCCCCCC(=O)OCC(COC(=O)CCCCCCCCCCCCCCCCCCCCCCCCCCCCC)OC(=O)CCCCCCCC/C=C\C/C=C\C/C=C\CCCCC. The van der Waals surface area contributed by atoms with E-state index in [1.54, 1.807) is 0 Å². The van der Waals surface area contributed by atoms with Gasteiger partial charge in [-0.1, -0.05) is 313 Å². The Morgan fingerprint density at radius 2 is 0.494 bits per heavy atom. The first-order valence-corrected chi connectivity index (χ1v) is 33.8. The summed E-state index contributed by atoms with van der Waals surface area (Å²) in [5.74, 6) is -0.890. The molecule has 448 valence electrons. The molecule has 0 aromatic heterocycles. The Balaban J connectivity index is 4.24. The van der Waals surface area contributed by atoms with Crippen molar-refractivity contribution in [1.29, 1.82) is 0 Å². The second-order valence-electron chi connectivity index (χ2n) is 22.7. The average molecular weight is 1080 g/mol. The summed E-state index contributed by atoms with van der Waals surface area (Å²) in [5.41, 5.74) is 0. The van der Waals surface area contributed by atoms with Gasteiger partial charge >= 0.3 is 17.9 Å². The zero-order chi connectivity index (χ0) is 55.7. The number of allylic oxidation sites excluding steroid dienone is 10. The van der Waals surface area contributed by atoms with E-state index in [0.29, 0.717) is 19.3 Å². The van der Waals surface area contributed by atoms with Crippen LogP contribution in [0.1, 0.15) is 355 Å². The van der Waals surface area contributed by atoms with E-state index in [0.717, 1.165) is 109 Å². The lowest BCUT2D eigenvalue weighted by molar-refractivity contribution is -0.167. The zero-order valence-corrected chi connectivity index (χ0v) is 51.5. The summed E-state index contributed by atoms with van der Waals surface area (Å²) in [5, 5.41) is 0. The Bertz CT molecular complexity index is 1380. The van der Waals surface area contributed by atoms with E-state index in [4.69, 9.17) is 14.2 Å². The van der Waals surface area contributed by atoms with Crippen LogP contribution < -0.4 is 0 Å². The maximum Gasteiger partial charge on any atom is 0.306 e. The monoisotopic (exact) mass is 1080 g/mol. The van der Waals surface area contributed by atoms with Gasteiger partial charge in [0.15, 0.2) is 6.10 Å². The van der Waals surface area contributed by atoms with Crippen molar-refractivity contribution in [3.63, 3.8) is 0 Å². The molecule has 0 radical (unpaired) electrons. The predicted octanol–water partition coefficient (Wildman–Crippen LogP) is 23.1. The predicted molar refractivity (Wildman–Crippen MR) is 335 cm³/mol. The van der Waals surface area contributed by atoms with E-state index in [1.165, 1.54) is 205 Å². The number of hydrogen-bond donors (Lipinski definition) is 0. The standard InChI is InChI=1S/C71H128O6/c1-4-7-10-13-16-19-22-25-27-29-31-32-33-34-35-36-37-38-40-41-43-46-49-52-55-58-61-64-70(73)76-67-68(66-75-69(72)63-60-57-54-51-48-45-24-21-18-15-12-9-6-3)77-71(74)65-62-59-56-53-50-47-44-42-39-30-28-26-23-20-17-14-11-8-5-2/h12,15,17,20-21,24,26,28,39,42,68H,4-11,13-14,16,18-19,22-23,25,27,29-38,40-41,43-67H2,1-3H3/b15-12-,20-17-,24-21-,28-26-,42-39-. The lowest BCUT2D eigenvalue weighted by atomic mass is 10.0. The highest BCUT2D eigenvalue weighted by Gasteiger charge is 2.19. The first kappa shape index (κ1) is 74.1. The van der Waals surface area contributed by atoms with E-state index < -0.39 is 6.10 Å². The molecule has 0 N–H and O–H groups in total. The molecule has 0 saturated heterocycles. The molecule has 0 aliphatic heterocycles. The molecular formula is C71H128O6. The number of carbonyl (C=O) groups excluding carboxylic acids is 3. The van der Waals surface area contributed by atoms with E-state index in [-0.39, 0.29) is 31.1 Å². The molecule has 0 heterocycles. The Morgan fingerprint density at radius 3 is 0.805 bits per heavy atom. The van der Waals surface area contributed by atoms with Crippen LogP contribution in [-0.2, 0) is 28.6 Å². The van der Waals surface area contributed by atoms with Gasteiger partial charge in [0.05, 0.1) is 0 Å². The van der Waals surface area contributed by atoms with Crippen LogP contribution in [0.4, 0.5) is 0 Å². The third-order valence-corrected chi connectivity index (χ3v) is 15.0. The molecule has 0 saturated carbocycles. The fraction of sp³-hybridized carbons (Fsp3) is 0.817. The van der Waals surface area contributed by atoms with Crippen LogP contribution >= 0.6 is 0 Å². The summed E-state index contributed by atoms with van der Waals surface area (Å²) in [4.78, 5) is 38.3. The highest BCUT2D eigenvalue weighted by atomic mass is 16.6. The number of rotatable bonds is 62. The van der Waals surface area contributed by atoms with Gasteiger partial charge in [0.25, 0.3) is 0 Å². The second-order valence-corrected chi connectivity index (χ2v) is 22.7. The molecule has 0 aromatic carbocycles. The molecule has 1 atom stereocenters. The lowest BCUT2D eigenvalue weighted by Gasteiger charge is -2.18. The highest BCUT2D eigenvalue weighted by molar-refractivity contribution is 5.71. The minimum atomic E-state index is -0.787. The van der Waals surface area contributed by atoms with Gasteiger partial charge < -0.3 is 14.2 Å².